The van der Waals surface area contributed by atoms with E-state index < -0.39 is 6.09 Å². The first-order valence-electron chi connectivity index (χ1n) is 8.57. The van der Waals surface area contributed by atoms with Crippen molar-refractivity contribution in [2.75, 3.05) is 33.8 Å². The number of hydrogen-bond acceptors (Lipinski definition) is 7. The number of rotatable bonds is 7. The van der Waals surface area contributed by atoms with Gasteiger partial charge in [-0.3, -0.25) is 5.32 Å². The van der Waals surface area contributed by atoms with Gasteiger partial charge in [0.2, 0.25) is 5.75 Å². The quantitative estimate of drug-likeness (QED) is 0.667. The van der Waals surface area contributed by atoms with Crippen LogP contribution in [0, 0.1) is 0 Å². The topological polar surface area (TPSA) is 96.2 Å². The zero-order chi connectivity index (χ0) is 20.1. The lowest BCUT2D eigenvalue weighted by Gasteiger charge is -2.14. The Hall–Kier alpha value is -3.49. The molecule has 0 aliphatic heterocycles. The second-order valence-corrected chi connectivity index (χ2v) is 5.90. The van der Waals surface area contributed by atoms with E-state index >= 15 is 0 Å². The van der Waals surface area contributed by atoms with Crippen molar-refractivity contribution in [2.45, 2.75) is 12.8 Å². The van der Waals surface area contributed by atoms with Crippen LogP contribution in [0.25, 0.3) is 5.65 Å². The van der Waals surface area contributed by atoms with Gasteiger partial charge in [0.25, 0.3) is 0 Å². The molecule has 2 heterocycles. The van der Waals surface area contributed by atoms with E-state index in [0.717, 1.165) is 17.7 Å². The van der Waals surface area contributed by atoms with Gasteiger partial charge in [0.15, 0.2) is 23.0 Å². The third-order valence-electron chi connectivity index (χ3n) is 4.19. The lowest BCUT2D eigenvalue weighted by molar-refractivity contribution is 0.187. The minimum absolute atomic E-state index is 0.376. The van der Waals surface area contributed by atoms with Crippen LogP contribution in [0.5, 0.6) is 17.2 Å². The average molecular weight is 386 g/mol. The molecule has 148 valence electrons. The first-order valence-corrected chi connectivity index (χ1v) is 8.57. The number of nitrogens with one attached hydrogen (secondary N) is 1. The SMILES string of the molecule is COC(=O)Nc1cn2nc(CCc3cc(OC)c(OC)c(OC)c3)ccc2n1. The number of fused-ring (bicyclic) bond motifs is 1. The lowest BCUT2D eigenvalue weighted by atomic mass is 10.1. The number of hydrogen-bond donors (Lipinski definition) is 1. The van der Waals surface area contributed by atoms with Crippen LogP contribution in [-0.2, 0) is 17.6 Å². The molecule has 1 amide bonds. The average Bonchev–Trinajstić information content (AvgIpc) is 3.12. The van der Waals surface area contributed by atoms with E-state index in [-0.39, 0.29) is 0 Å². The highest BCUT2D eigenvalue weighted by Crippen LogP contribution is 2.38. The fourth-order valence-electron chi connectivity index (χ4n) is 2.82. The van der Waals surface area contributed by atoms with Crippen molar-refractivity contribution >= 4 is 17.6 Å². The molecule has 3 rings (SSSR count). The molecule has 0 bridgehead atoms. The molecule has 2 aromatic heterocycles. The van der Waals surface area contributed by atoms with Crippen molar-refractivity contribution in [2.24, 2.45) is 0 Å². The second kappa shape index (κ2) is 8.47. The van der Waals surface area contributed by atoms with Crippen LogP contribution in [0.2, 0.25) is 0 Å². The Bertz CT molecular complexity index is 961. The van der Waals surface area contributed by atoms with Crippen LogP contribution in [0.1, 0.15) is 11.3 Å². The van der Waals surface area contributed by atoms with E-state index in [4.69, 9.17) is 14.2 Å². The van der Waals surface area contributed by atoms with Crippen molar-refractivity contribution < 1.29 is 23.7 Å². The molecule has 0 aliphatic carbocycles. The summed E-state index contributed by atoms with van der Waals surface area (Å²) in [7, 11) is 6.06. The van der Waals surface area contributed by atoms with E-state index in [2.05, 4.69) is 20.1 Å². The summed E-state index contributed by atoms with van der Waals surface area (Å²) < 4.78 is 22.3. The van der Waals surface area contributed by atoms with E-state index in [9.17, 15) is 4.79 Å². The maximum Gasteiger partial charge on any atom is 0.412 e. The number of aromatic nitrogens is 3. The van der Waals surface area contributed by atoms with Crippen LogP contribution in [0.15, 0.2) is 30.5 Å². The number of imidazole rings is 1. The van der Waals surface area contributed by atoms with Crippen LogP contribution in [0.4, 0.5) is 10.6 Å². The van der Waals surface area contributed by atoms with Crippen molar-refractivity contribution in [3.8, 4) is 17.2 Å². The predicted molar refractivity (Wildman–Crippen MR) is 103 cm³/mol. The summed E-state index contributed by atoms with van der Waals surface area (Å²) >= 11 is 0. The second-order valence-electron chi connectivity index (χ2n) is 5.90. The van der Waals surface area contributed by atoms with E-state index in [1.165, 1.54) is 7.11 Å². The molecule has 28 heavy (non-hydrogen) atoms. The number of ether oxygens (including phenoxy) is 4. The minimum atomic E-state index is -0.578. The van der Waals surface area contributed by atoms with Gasteiger partial charge in [-0.1, -0.05) is 0 Å². The summed E-state index contributed by atoms with van der Waals surface area (Å²) in [5, 5.41) is 7.06. The van der Waals surface area contributed by atoms with Crippen molar-refractivity contribution in [1.29, 1.82) is 0 Å². The Morgan fingerprint density at radius 1 is 1.04 bits per heavy atom. The summed E-state index contributed by atoms with van der Waals surface area (Å²) in [5.74, 6) is 2.18. The van der Waals surface area contributed by atoms with Crippen LogP contribution in [-0.4, -0.2) is 49.1 Å². The molecule has 0 aliphatic rings. The molecular formula is C19H22N4O5. The Morgan fingerprint density at radius 2 is 1.75 bits per heavy atom. The van der Waals surface area contributed by atoms with Crippen molar-refractivity contribution in [3.63, 3.8) is 0 Å². The molecule has 9 heteroatoms. The van der Waals surface area contributed by atoms with Gasteiger partial charge in [-0.15, -0.1) is 0 Å². The number of amides is 1. The van der Waals surface area contributed by atoms with Crippen molar-refractivity contribution in [1.82, 2.24) is 14.6 Å². The van der Waals surface area contributed by atoms with Gasteiger partial charge in [0.1, 0.15) is 0 Å². The third kappa shape index (κ3) is 4.08. The molecule has 0 radical (unpaired) electrons. The Balaban J connectivity index is 1.77. The lowest BCUT2D eigenvalue weighted by Crippen LogP contribution is -2.10. The molecule has 1 N–H and O–H groups in total. The molecule has 9 nitrogen and oxygen atoms in total. The summed E-state index contributed by atoms with van der Waals surface area (Å²) in [4.78, 5) is 15.6. The zero-order valence-electron chi connectivity index (χ0n) is 16.2. The highest BCUT2D eigenvalue weighted by Gasteiger charge is 2.13. The predicted octanol–water partition coefficient (Wildman–Crippen LogP) is 2.72. The number of carbonyl (C=O) groups excluding carboxylic acids is 1. The van der Waals surface area contributed by atoms with Crippen LogP contribution >= 0.6 is 0 Å². The summed E-state index contributed by atoms with van der Waals surface area (Å²) in [6, 6.07) is 7.60. The standard InChI is InChI=1S/C19H22N4O5/c1-25-14-9-12(10-15(26-2)18(14)27-3)5-6-13-7-8-17-20-16(11-23(17)22-13)21-19(24)28-4/h7-11H,5-6H2,1-4H3,(H,21,24). The summed E-state index contributed by atoms with van der Waals surface area (Å²) in [6.07, 6.45) is 2.49. The maximum atomic E-state index is 11.3. The van der Waals surface area contributed by atoms with Gasteiger partial charge in [0.05, 0.1) is 40.3 Å². The van der Waals surface area contributed by atoms with Gasteiger partial charge in [0, 0.05) is 0 Å². The van der Waals surface area contributed by atoms with Crippen molar-refractivity contribution in [3.05, 3.63) is 41.7 Å². The van der Waals surface area contributed by atoms with E-state index in [1.54, 1.807) is 32.0 Å². The van der Waals surface area contributed by atoms with Crippen LogP contribution < -0.4 is 19.5 Å². The number of methoxy groups -OCH3 is 4. The van der Waals surface area contributed by atoms with E-state index in [0.29, 0.717) is 35.1 Å². The van der Waals surface area contributed by atoms with Gasteiger partial charge >= 0.3 is 6.09 Å². The van der Waals surface area contributed by atoms with E-state index in [1.807, 2.05) is 24.3 Å². The maximum absolute atomic E-state index is 11.3. The van der Waals surface area contributed by atoms with Gasteiger partial charge in [-0.05, 0) is 42.7 Å². The molecular weight excluding hydrogens is 364 g/mol. The van der Waals surface area contributed by atoms with Gasteiger partial charge in [-0.2, -0.15) is 5.10 Å². The largest absolute Gasteiger partial charge is 0.493 e. The highest BCUT2D eigenvalue weighted by molar-refractivity contribution is 5.83. The molecule has 1 aromatic carbocycles. The number of carbonyl (C=O) groups is 1. The third-order valence-corrected chi connectivity index (χ3v) is 4.19. The minimum Gasteiger partial charge on any atom is -0.493 e. The summed E-state index contributed by atoms with van der Waals surface area (Å²) in [6.45, 7) is 0. The number of benzene rings is 1. The van der Waals surface area contributed by atoms with Gasteiger partial charge < -0.3 is 18.9 Å². The zero-order valence-corrected chi connectivity index (χ0v) is 16.2. The Kier molecular flexibility index (Phi) is 5.83. The highest BCUT2D eigenvalue weighted by atomic mass is 16.5. The fraction of sp³-hybridized carbons (Fsp3) is 0.316. The molecule has 3 aromatic rings. The monoisotopic (exact) mass is 386 g/mol. The fourth-order valence-corrected chi connectivity index (χ4v) is 2.82. The smallest absolute Gasteiger partial charge is 0.412 e. The first kappa shape index (κ1) is 19.3. The summed E-state index contributed by atoms with van der Waals surface area (Å²) in [5.41, 5.74) is 2.54. The molecule has 0 atom stereocenters. The van der Waals surface area contributed by atoms with Gasteiger partial charge in [-0.25, -0.2) is 14.3 Å². The molecule has 0 unspecified atom stereocenters. The first-order chi connectivity index (χ1) is 13.6. The van der Waals surface area contributed by atoms with Crippen LogP contribution in [0.3, 0.4) is 0 Å². The molecule has 0 saturated carbocycles. The number of nitrogens with zero attached hydrogens (tertiary/aromatic N) is 3. The molecule has 0 fully saturated rings. The molecule has 0 saturated heterocycles. The molecule has 0 spiro atoms. The number of aryl methyl sites for hydroxylation is 2. The Labute approximate surface area is 162 Å². The normalized spacial score (nSPS) is 10.6. The Morgan fingerprint density at radius 3 is 2.36 bits per heavy atom. The number of anilines is 1.